The number of rotatable bonds is 3. The number of nitro benzene ring substituents is 1. The lowest BCUT2D eigenvalue weighted by molar-refractivity contribution is -0.384. The van der Waals surface area contributed by atoms with Crippen molar-refractivity contribution in [3.63, 3.8) is 0 Å². The summed E-state index contributed by atoms with van der Waals surface area (Å²) in [5.41, 5.74) is 1.07. The Balaban J connectivity index is 2.07. The lowest BCUT2D eigenvalue weighted by Gasteiger charge is -2.10. The summed E-state index contributed by atoms with van der Waals surface area (Å²) in [4.78, 5) is 14.5. The van der Waals surface area contributed by atoms with Gasteiger partial charge in [0.05, 0.1) is 10.3 Å². The molecule has 2 aromatic heterocycles. The van der Waals surface area contributed by atoms with Crippen molar-refractivity contribution < 1.29 is 9.66 Å². The van der Waals surface area contributed by atoms with Crippen LogP contribution in [0.15, 0.2) is 24.4 Å². The fourth-order valence-electron chi connectivity index (χ4n) is 1.99. The zero-order valence-electron chi connectivity index (χ0n) is 11.1. The summed E-state index contributed by atoms with van der Waals surface area (Å²) in [6.45, 7) is 1.72. The highest BCUT2D eigenvalue weighted by atomic mass is 127. The van der Waals surface area contributed by atoms with Crippen molar-refractivity contribution in [3.05, 3.63) is 48.8 Å². The molecule has 0 unspecified atom stereocenters. The molecule has 0 aliphatic rings. The Kier molecular flexibility index (Phi) is 3.87. The number of nitrogens with zero attached hydrogens (tertiary/aromatic N) is 3. The predicted molar refractivity (Wildman–Crippen MR) is 89.5 cm³/mol. The first kappa shape index (κ1) is 15.0. The van der Waals surface area contributed by atoms with Crippen LogP contribution in [0, 0.1) is 20.7 Å². The second-order valence-corrected chi connectivity index (χ2v) is 5.90. The van der Waals surface area contributed by atoms with Gasteiger partial charge in [0.1, 0.15) is 20.2 Å². The Morgan fingerprint density at radius 3 is 2.91 bits per heavy atom. The van der Waals surface area contributed by atoms with Gasteiger partial charge in [-0.3, -0.25) is 15.2 Å². The molecule has 0 saturated carbocycles. The van der Waals surface area contributed by atoms with E-state index >= 15 is 0 Å². The molecule has 22 heavy (non-hydrogen) atoms. The van der Waals surface area contributed by atoms with Gasteiger partial charge in [-0.1, -0.05) is 11.6 Å². The molecule has 1 N–H and O–H groups in total. The van der Waals surface area contributed by atoms with Crippen molar-refractivity contribution >= 4 is 50.9 Å². The van der Waals surface area contributed by atoms with Crippen molar-refractivity contribution in [2.45, 2.75) is 6.92 Å². The molecule has 3 aromatic rings. The number of nitro groups is 1. The maximum atomic E-state index is 10.9. The minimum Gasteiger partial charge on any atom is -0.456 e. The average molecular weight is 431 g/mol. The van der Waals surface area contributed by atoms with Crippen molar-refractivity contribution in [2.24, 2.45) is 0 Å². The molecule has 0 atom stereocenters. The number of hydrogen-bond acceptors (Lipinski definition) is 5. The van der Waals surface area contributed by atoms with Crippen LogP contribution in [0.3, 0.4) is 0 Å². The van der Waals surface area contributed by atoms with E-state index in [1.165, 1.54) is 12.1 Å². The molecule has 0 aliphatic heterocycles. The second kappa shape index (κ2) is 5.69. The van der Waals surface area contributed by atoms with E-state index < -0.39 is 4.92 Å². The third-order valence-corrected chi connectivity index (χ3v) is 4.12. The smallest absolute Gasteiger partial charge is 0.288 e. The molecule has 3 rings (SSSR count). The quantitative estimate of drug-likeness (QED) is 0.381. The van der Waals surface area contributed by atoms with E-state index in [0.29, 0.717) is 22.7 Å². The summed E-state index contributed by atoms with van der Waals surface area (Å²) in [5.74, 6) is 0.997. The van der Waals surface area contributed by atoms with Crippen LogP contribution in [-0.4, -0.2) is 20.1 Å². The normalized spacial score (nSPS) is 10.9. The minimum atomic E-state index is -0.525. The van der Waals surface area contributed by atoms with E-state index in [1.54, 1.807) is 19.2 Å². The lowest BCUT2D eigenvalue weighted by Crippen LogP contribution is -1.94. The Morgan fingerprint density at radius 2 is 2.18 bits per heavy atom. The first-order valence-electron chi connectivity index (χ1n) is 6.08. The zero-order chi connectivity index (χ0) is 15.9. The third kappa shape index (κ3) is 2.59. The van der Waals surface area contributed by atoms with Crippen LogP contribution in [0.1, 0.15) is 5.56 Å². The number of hydrogen-bond donors (Lipinski definition) is 1. The van der Waals surface area contributed by atoms with Gasteiger partial charge in [0.2, 0.25) is 0 Å². The third-order valence-electron chi connectivity index (χ3n) is 3.04. The second-order valence-electron chi connectivity index (χ2n) is 4.48. The van der Waals surface area contributed by atoms with Gasteiger partial charge in [-0.25, -0.2) is 4.98 Å². The van der Waals surface area contributed by atoms with Crippen molar-refractivity contribution in [2.75, 3.05) is 0 Å². The SMILES string of the molecule is Cc1cc([N+](=O)[O-])c(Cl)cc1Oc1ccnc2[nH]nc(I)c12. The number of nitrogens with one attached hydrogen (secondary N) is 1. The molecule has 1 aromatic carbocycles. The highest BCUT2D eigenvalue weighted by molar-refractivity contribution is 14.1. The monoisotopic (exact) mass is 430 g/mol. The summed E-state index contributed by atoms with van der Waals surface area (Å²) in [7, 11) is 0. The van der Waals surface area contributed by atoms with Crippen LogP contribution >= 0.6 is 34.2 Å². The van der Waals surface area contributed by atoms with Crippen LogP contribution in [0.4, 0.5) is 5.69 Å². The van der Waals surface area contributed by atoms with E-state index in [9.17, 15) is 10.1 Å². The highest BCUT2D eigenvalue weighted by Crippen LogP contribution is 2.36. The average Bonchev–Trinajstić information content (AvgIpc) is 2.85. The van der Waals surface area contributed by atoms with Gasteiger partial charge in [-0.2, -0.15) is 5.10 Å². The van der Waals surface area contributed by atoms with Gasteiger partial charge in [-0.15, -0.1) is 0 Å². The minimum absolute atomic E-state index is 0.0257. The molecule has 0 saturated heterocycles. The fraction of sp³-hybridized carbons (Fsp3) is 0.0769. The summed E-state index contributed by atoms with van der Waals surface area (Å²) in [6, 6.07) is 4.53. The molecule has 2 heterocycles. The zero-order valence-corrected chi connectivity index (χ0v) is 14.0. The Morgan fingerprint density at radius 1 is 1.41 bits per heavy atom. The van der Waals surface area contributed by atoms with Gasteiger partial charge in [0, 0.05) is 24.4 Å². The number of halogens is 2. The Bertz CT molecular complexity index is 896. The standard InChI is InChI=1S/C13H8ClIN4O3/c1-6-4-8(19(20)21)7(14)5-10(6)22-9-2-3-16-13-11(9)12(15)17-18-13/h2-5H,1H3,(H,16,17,18). The molecule has 0 aliphatic carbocycles. The van der Waals surface area contributed by atoms with E-state index in [1.807, 2.05) is 0 Å². The van der Waals surface area contributed by atoms with Crippen LogP contribution in [0.5, 0.6) is 11.5 Å². The number of aromatic amines is 1. The summed E-state index contributed by atoms with van der Waals surface area (Å²) < 4.78 is 6.59. The number of aryl methyl sites for hydroxylation is 1. The molecule has 112 valence electrons. The Labute approximate surface area is 142 Å². The maximum absolute atomic E-state index is 10.9. The molecule has 0 bridgehead atoms. The fourth-order valence-corrected chi connectivity index (χ4v) is 2.85. The van der Waals surface area contributed by atoms with Gasteiger partial charge in [0.25, 0.3) is 5.69 Å². The van der Waals surface area contributed by atoms with Crippen LogP contribution < -0.4 is 4.74 Å². The number of ether oxygens (including phenoxy) is 1. The Hall–Kier alpha value is -1.94. The molecule has 0 amide bonds. The summed E-state index contributed by atoms with van der Waals surface area (Å²) >= 11 is 8.01. The van der Waals surface area contributed by atoms with Crippen LogP contribution in [-0.2, 0) is 0 Å². The molecular weight excluding hydrogens is 423 g/mol. The van der Waals surface area contributed by atoms with Gasteiger partial charge < -0.3 is 4.74 Å². The number of fused-ring (bicyclic) bond motifs is 1. The van der Waals surface area contributed by atoms with Crippen LogP contribution in [0.25, 0.3) is 11.0 Å². The maximum Gasteiger partial charge on any atom is 0.288 e. The molecule has 0 fully saturated rings. The lowest BCUT2D eigenvalue weighted by atomic mass is 10.2. The van der Waals surface area contributed by atoms with Crippen molar-refractivity contribution in [3.8, 4) is 11.5 Å². The van der Waals surface area contributed by atoms with E-state index in [4.69, 9.17) is 16.3 Å². The van der Waals surface area contributed by atoms with Crippen LogP contribution in [0.2, 0.25) is 5.02 Å². The topological polar surface area (TPSA) is 93.9 Å². The van der Waals surface area contributed by atoms with E-state index in [2.05, 4.69) is 37.8 Å². The van der Waals surface area contributed by atoms with E-state index in [-0.39, 0.29) is 10.7 Å². The van der Waals surface area contributed by atoms with Crippen molar-refractivity contribution in [1.82, 2.24) is 15.2 Å². The molecule has 0 spiro atoms. The van der Waals surface area contributed by atoms with E-state index in [0.717, 1.165) is 9.09 Å². The summed E-state index contributed by atoms with van der Waals surface area (Å²) in [6.07, 6.45) is 1.59. The molecule has 9 heteroatoms. The first-order chi connectivity index (χ1) is 10.5. The first-order valence-corrected chi connectivity index (χ1v) is 7.54. The highest BCUT2D eigenvalue weighted by Gasteiger charge is 2.18. The number of aromatic nitrogens is 3. The molecule has 0 radical (unpaired) electrons. The number of H-pyrrole nitrogens is 1. The number of pyridine rings is 1. The summed E-state index contributed by atoms with van der Waals surface area (Å²) in [5, 5.41) is 18.5. The predicted octanol–water partition coefficient (Wildman–Crippen LogP) is 4.22. The van der Waals surface area contributed by atoms with Gasteiger partial charge >= 0.3 is 0 Å². The number of benzene rings is 1. The van der Waals surface area contributed by atoms with Crippen molar-refractivity contribution in [1.29, 1.82) is 0 Å². The van der Waals surface area contributed by atoms with Gasteiger partial charge in [0.15, 0.2) is 5.65 Å². The molecule has 7 nitrogen and oxygen atoms in total. The molecular formula is C13H8ClIN4O3. The van der Waals surface area contributed by atoms with Gasteiger partial charge in [-0.05, 0) is 35.1 Å². The largest absolute Gasteiger partial charge is 0.456 e.